The van der Waals surface area contributed by atoms with E-state index in [2.05, 4.69) is 0 Å². The second-order valence-corrected chi connectivity index (χ2v) is 6.61. The summed E-state index contributed by atoms with van der Waals surface area (Å²) in [4.78, 5) is 24.0. The van der Waals surface area contributed by atoms with E-state index in [1.807, 2.05) is 13.0 Å². The van der Waals surface area contributed by atoms with Crippen molar-refractivity contribution in [1.29, 1.82) is 0 Å². The number of amides is 1. The summed E-state index contributed by atoms with van der Waals surface area (Å²) in [5, 5.41) is 8.63. The Morgan fingerprint density at radius 2 is 2.05 bits per heavy atom. The summed E-state index contributed by atoms with van der Waals surface area (Å²) in [6.07, 6.45) is 1.74. The summed E-state index contributed by atoms with van der Waals surface area (Å²) in [6.45, 7) is 2.63. The van der Waals surface area contributed by atoms with Gasteiger partial charge in [-0.15, -0.1) is 11.3 Å². The number of halogens is 2. The van der Waals surface area contributed by atoms with Crippen LogP contribution in [0, 0.1) is 0 Å². The van der Waals surface area contributed by atoms with Crippen molar-refractivity contribution in [3.8, 4) is 0 Å². The van der Waals surface area contributed by atoms with Crippen molar-refractivity contribution >= 4 is 46.4 Å². The molecule has 0 atom stereocenters. The van der Waals surface area contributed by atoms with E-state index in [1.165, 1.54) is 11.3 Å². The number of nitrogens with zero attached hydrogens (tertiary/aromatic N) is 1. The Hall–Kier alpha value is -0.780. The minimum absolute atomic E-state index is 0.0220. The molecular formula is C13H17Cl2NO3S. The van der Waals surface area contributed by atoms with E-state index in [-0.39, 0.29) is 18.9 Å². The van der Waals surface area contributed by atoms with Gasteiger partial charge in [-0.3, -0.25) is 9.59 Å². The van der Waals surface area contributed by atoms with Crippen molar-refractivity contribution in [1.82, 2.24) is 4.90 Å². The highest BCUT2D eigenvalue weighted by atomic mass is 35.5. The topological polar surface area (TPSA) is 57.6 Å². The monoisotopic (exact) mass is 337 g/mol. The summed E-state index contributed by atoms with van der Waals surface area (Å²) < 4.78 is 1.31. The second-order valence-electron chi connectivity index (χ2n) is 4.32. The highest BCUT2D eigenvalue weighted by molar-refractivity contribution is 7.20. The first kappa shape index (κ1) is 17.3. The summed E-state index contributed by atoms with van der Waals surface area (Å²) in [6, 6.07) is 1.82. The van der Waals surface area contributed by atoms with Gasteiger partial charge in [0, 0.05) is 19.5 Å². The van der Waals surface area contributed by atoms with Gasteiger partial charge in [0.1, 0.15) is 0 Å². The lowest BCUT2D eigenvalue weighted by Gasteiger charge is -2.19. The fourth-order valence-electron chi connectivity index (χ4n) is 1.82. The van der Waals surface area contributed by atoms with E-state index in [9.17, 15) is 9.59 Å². The maximum Gasteiger partial charge on any atom is 0.305 e. The van der Waals surface area contributed by atoms with Crippen molar-refractivity contribution in [2.24, 2.45) is 0 Å². The number of carboxylic acid groups (broad SMARTS) is 1. The summed E-state index contributed by atoms with van der Waals surface area (Å²) in [5.41, 5.74) is 0.961. The smallest absolute Gasteiger partial charge is 0.305 e. The molecule has 0 spiro atoms. The predicted molar refractivity (Wildman–Crippen MR) is 81.8 cm³/mol. The highest BCUT2D eigenvalue weighted by Gasteiger charge is 2.13. The third kappa shape index (κ3) is 5.69. The molecule has 0 aromatic carbocycles. The van der Waals surface area contributed by atoms with Crippen LogP contribution >= 0.6 is 34.5 Å². The number of carboxylic acids is 1. The minimum atomic E-state index is -0.893. The van der Waals surface area contributed by atoms with E-state index in [0.29, 0.717) is 34.5 Å². The van der Waals surface area contributed by atoms with Crippen molar-refractivity contribution in [2.75, 3.05) is 13.1 Å². The number of aryl methyl sites for hydroxylation is 1. The van der Waals surface area contributed by atoms with Gasteiger partial charge in [-0.25, -0.2) is 0 Å². The van der Waals surface area contributed by atoms with Crippen molar-refractivity contribution in [3.63, 3.8) is 0 Å². The zero-order valence-electron chi connectivity index (χ0n) is 11.2. The largest absolute Gasteiger partial charge is 0.481 e. The Bertz CT molecular complexity index is 476. The maximum absolute atomic E-state index is 11.9. The lowest BCUT2D eigenvalue weighted by atomic mass is 10.1. The zero-order valence-corrected chi connectivity index (χ0v) is 13.5. The van der Waals surface area contributed by atoms with Crippen LogP contribution in [0.2, 0.25) is 8.67 Å². The normalized spacial score (nSPS) is 10.6. The molecular weight excluding hydrogens is 321 g/mol. The quantitative estimate of drug-likeness (QED) is 0.786. The van der Waals surface area contributed by atoms with Crippen LogP contribution < -0.4 is 0 Å². The fraction of sp³-hybridized carbons (Fsp3) is 0.538. The highest BCUT2D eigenvalue weighted by Crippen LogP contribution is 2.32. The average molecular weight is 338 g/mol. The molecule has 20 heavy (non-hydrogen) atoms. The molecule has 0 unspecified atom stereocenters. The van der Waals surface area contributed by atoms with Gasteiger partial charge >= 0.3 is 5.97 Å². The zero-order chi connectivity index (χ0) is 15.1. The first-order valence-corrected chi connectivity index (χ1v) is 7.94. The van der Waals surface area contributed by atoms with Gasteiger partial charge in [-0.05, 0) is 31.4 Å². The molecule has 7 heteroatoms. The summed E-state index contributed by atoms with van der Waals surface area (Å²) in [5.74, 6) is -0.915. The van der Waals surface area contributed by atoms with Crippen molar-refractivity contribution in [3.05, 3.63) is 20.3 Å². The molecule has 112 valence electrons. The van der Waals surface area contributed by atoms with Crippen LogP contribution in [0.25, 0.3) is 0 Å². The number of thiophene rings is 1. The molecule has 1 aromatic rings. The Labute approximate surface area is 132 Å². The lowest BCUT2D eigenvalue weighted by molar-refractivity contribution is -0.138. The molecule has 4 nitrogen and oxygen atoms in total. The maximum atomic E-state index is 11.9. The van der Waals surface area contributed by atoms with Crippen LogP contribution in [0.15, 0.2) is 6.07 Å². The lowest BCUT2D eigenvalue weighted by Crippen LogP contribution is -2.32. The van der Waals surface area contributed by atoms with E-state index in [1.54, 1.807) is 4.90 Å². The molecule has 0 aliphatic carbocycles. The molecule has 0 fully saturated rings. The second kappa shape index (κ2) is 8.49. The van der Waals surface area contributed by atoms with Gasteiger partial charge in [0.25, 0.3) is 0 Å². The molecule has 1 N–H and O–H groups in total. The molecule has 1 heterocycles. The van der Waals surface area contributed by atoms with Crippen LogP contribution in [-0.4, -0.2) is 35.0 Å². The number of carbonyl (C=O) groups excluding carboxylic acids is 1. The van der Waals surface area contributed by atoms with E-state index < -0.39 is 5.97 Å². The Morgan fingerprint density at radius 3 is 2.55 bits per heavy atom. The third-order valence-electron chi connectivity index (χ3n) is 2.89. The first-order valence-electron chi connectivity index (χ1n) is 6.37. The van der Waals surface area contributed by atoms with Crippen LogP contribution in [0.5, 0.6) is 0 Å². The van der Waals surface area contributed by atoms with Gasteiger partial charge in [-0.2, -0.15) is 0 Å². The minimum Gasteiger partial charge on any atom is -0.481 e. The summed E-state index contributed by atoms with van der Waals surface area (Å²) in [7, 11) is 0. The standard InChI is InChI=1S/C13H17Cl2NO3S/c1-2-16(7-6-12(18)19)11(17)5-3-4-9-8-10(14)20-13(9)15/h8H,2-7H2,1H3,(H,18,19). The molecule has 0 aliphatic rings. The van der Waals surface area contributed by atoms with Gasteiger partial charge < -0.3 is 10.0 Å². The van der Waals surface area contributed by atoms with Gasteiger partial charge in [0.15, 0.2) is 0 Å². The van der Waals surface area contributed by atoms with Crippen LogP contribution in [0.3, 0.4) is 0 Å². The molecule has 0 aliphatic heterocycles. The van der Waals surface area contributed by atoms with Crippen LogP contribution in [0.4, 0.5) is 0 Å². The Balaban J connectivity index is 2.37. The average Bonchev–Trinajstić information content (AvgIpc) is 2.68. The number of hydrogen-bond donors (Lipinski definition) is 1. The van der Waals surface area contributed by atoms with Crippen LogP contribution in [0.1, 0.15) is 31.7 Å². The molecule has 0 radical (unpaired) electrons. The third-order valence-corrected chi connectivity index (χ3v) is 4.46. The fourth-order valence-corrected chi connectivity index (χ4v) is 3.37. The molecule has 1 aromatic heterocycles. The van der Waals surface area contributed by atoms with Crippen LogP contribution in [-0.2, 0) is 16.0 Å². The van der Waals surface area contributed by atoms with Gasteiger partial charge in [0.05, 0.1) is 15.1 Å². The molecule has 1 amide bonds. The van der Waals surface area contributed by atoms with Gasteiger partial charge in [-0.1, -0.05) is 23.2 Å². The van der Waals surface area contributed by atoms with E-state index in [0.717, 1.165) is 5.56 Å². The SMILES string of the molecule is CCN(CCC(=O)O)C(=O)CCCc1cc(Cl)sc1Cl. The predicted octanol–water partition coefficient (Wildman–Crippen LogP) is 3.70. The number of carbonyl (C=O) groups is 2. The first-order chi connectivity index (χ1) is 9.43. The van der Waals surface area contributed by atoms with Crippen molar-refractivity contribution < 1.29 is 14.7 Å². The molecule has 1 rings (SSSR count). The molecule has 0 bridgehead atoms. The summed E-state index contributed by atoms with van der Waals surface area (Å²) >= 11 is 13.2. The number of aliphatic carboxylic acids is 1. The Kier molecular flexibility index (Phi) is 7.34. The number of hydrogen-bond acceptors (Lipinski definition) is 3. The Morgan fingerprint density at radius 1 is 1.35 bits per heavy atom. The number of rotatable bonds is 8. The molecule has 0 saturated heterocycles. The van der Waals surface area contributed by atoms with Gasteiger partial charge in [0.2, 0.25) is 5.91 Å². The van der Waals surface area contributed by atoms with E-state index >= 15 is 0 Å². The van der Waals surface area contributed by atoms with E-state index in [4.69, 9.17) is 28.3 Å². The molecule has 0 saturated carbocycles. The van der Waals surface area contributed by atoms with Crippen molar-refractivity contribution in [2.45, 2.75) is 32.6 Å².